The summed E-state index contributed by atoms with van der Waals surface area (Å²) < 4.78 is 0. The fraction of sp³-hybridized carbons (Fsp3) is 0.429. The van der Waals surface area contributed by atoms with E-state index in [-0.39, 0.29) is 5.92 Å². The lowest BCUT2D eigenvalue weighted by Crippen LogP contribution is -2.12. The summed E-state index contributed by atoms with van der Waals surface area (Å²) in [6, 6.07) is 0. The maximum Gasteiger partial charge on any atom is 0.306 e. The third-order valence-electron chi connectivity index (χ3n) is 1.48. The first-order valence-corrected chi connectivity index (χ1v) is 3.41. The first-order valence-electron chi connectivity index (χ1n) is 3.41. The van der Waals surface area contributed by atoms with Crippen LogP contribution in [0.2, 0.25) is 0 Å². The van der Waals surface area contributed by atoms with E-state index in [1.165, 1.54) is 0 Å². The average Bonchev–Trinajstić information content (AvgIpc) is 2.39. The Morgan fingerprint density at radius 2 is 2.64 bits per heavy atom. The summed E-state index contributed by atoms with van der Waals surface area (Å²) in [5.74, 6) is -0.442. The van der Waals surface area contributed by atoms with Gasteiger partial charge >= 0.3 is 5.97 Å². The lowest BCUT2D eigenvalue weighted by atomic mass is 10.1. The van der Waals surface area contributed by atoms with Gasteiger partial charge in [-0.2, -0.15) is 0 Å². The molecule has 4 nitrogen and oxygen atoms in total. The Labute approximate surface area is 64.3 Å². The Morgan fingerprint density at radius 3 is 3.09 bits per heavy atom. The van der Waals surface area contributed by atoms with Crippen LogP contribution in [0.4, 0.5) is 0 Å². The molecule has 0 bridgehead atoms. The van der Waals surface area contributed by atoms with Crippen LogP contribution in [0.5, 0.6) is 0 Å². The summed E-state index contributed by atoms with van der Waals surface area (Å²) in [6.07, 6.45) is 3.76. The molecule has 1 rings (SSSR count). The maximum atomic E-state index is 10.4. The zero-order valence-electron chi connectivity index (χ0n) is 6.24. The van der Waals surface area contributed by atoms with Crippen LogP contribution >= 0.6 is 0 Å². The van der Waals surface area contributed by atoms with Gasteiger partial charge in [0.15, 0.2) is 0 Å². The molecule has 1 aromatic heterocycles. The topological polar surface area (TPSA) is 66.0 Å². The van der Waals surface area contributed by atoms with E-state index >= 15 is 0 Å². The van der Waals surface area contributed by atoms with Crippen molar-refractivity contribution in [3.63, 3.8) is 0 Å². The number of H-pyrrole nitrogens is 1. The highest BCUT2D eigenvalue weighted by molar-refractivity contribution is 5.69. The predicted molar refractivity (Wildman–Crippen MR) is 39.1 cm³/mol. The minimum Gasteiger partial charge on any atom is -0.481 e. The normalized spacial score (nSPS) is 12.8. The van der Waals surface area contributed by atoms with Crippen molar-refractivity contribution in [1.82, 2.24) is 9.97 Å². The van der Waals surface area contributed by atoms with Gasteiger partial charge in [-0.3, -0.25) is 4.79 Å². The van der Waals surface area contributed by atoms with E-state index in [1.54, 1.807) is 19.3 Å². The smallest absolute Gasteiger partial charge is 0.306 e. The van der Waals surface area contributed by atoms with Gasteiger partial charge < -0.3 is 10.1 Å². The number of rotatable bonds is 3. The van der Waals surface area contributed by atoms with Crippen molar-refractivity contribution in [2.75, 3.05) is 0 Å². The molecule has 60 valence electrons. The number of nitrogens with one attached hydrogen (secondary N) is 1. The third kappa shape index (κ3) is 2.07. The number of hydrogen-bond donors (Lipinski definition) is 2. The molecule has 0 spiro atoms. The minimum absolute atomic E-state index is 0.374. The van der Waals surface area contributed by atoms with Crippen LogP contribution in [0, 0.1) is 5.92 Å². The molecule has 0 saturated heterocycles. The molecule has 1 aromatic rings. The number of carbonyl (C=O) groups is 1. The molecule has 0 saturated carbocycles. The van der Waals surface area contributed by atoms with E-state index in [2.05, 4.69) is 9.97 Å². The second-order valence-corrected chi connectivity index (χ2v) is 2.48. The molecule has 0 aliphatic carbocycles. The fourth-order valence-corrected chi connectivity index (χ4v) is 0.787. The van der Waals surface area contributed by atoms with Crippen molar-refractivity contribution in [3.05, 3.63) is 18.2 Å². The Balaban J connectivity index is 2.50. The molecule has 1 unspecified atom stereocenters. The Morgan fingerprint density at radius 1 is 1.91 bits per heavy atom. The van der Waals surface area contributed by atoms with Crippen LogP contribution in [0.1, 0.15) is 12.7 Å². The molecular weight excluding hydrogens is 144 g/mol. The third-order valence-corrected chi connectivity index (χ3v) is 1.48. The van der Waals surface area contributed by atoms with E-state index in [0.717, 1.165) is 5.82 Å². The zero-order chi connectivity index (χ0) is 8.27. The largest absolute Gasteiger partial charge is 0.481 e. The molecule has 0 amide bonds. The van der Waals surface area contributed by atoms with Crippen molar-refractivity contribution in [3.8, 4) is 0 Å². The van der Waals surface area contributed by atoms with E-state index in [4.69, 9.17) is 5.11 Å². The predicted octanol–water partition coefficient (Wildman–Crippen LogP) is 0.673. The van der Waals surface area contributed by atoms with Crippen LogP contribution < -0.4 is 0 Å². The summed E-state index contributed by atoms with van der Waals surface area (Å²) in [5.41, 5.74) is 0. The number of aliphatic carboxylic acids is 1. The van der Waals surface area contributed by atoms with Gasteiger partial charge in [-0.15, -0.1) is 0 Å². The maximum absolute atomic E-state index is 10.4. The molecule has 1 heterocycles. The van der Waals surface area contributed by atoms with Crippen molar-refractivity contribution in [2.24, 2.45) is 5.92 Å². The Bertz CT molecular complexity index is 231. The fourth-order valence-electron chi connectivity index (χ4n) is 0.787. The lowest BCUT2D eigenvalue weighted by molar-refractivity contribution is -0.141. The standard InChI is InChI=1S/C7H10N2O2/c1-5(7(10)11)4-6-8-2-3-9-6/h2-3,5H,4H2,1H3,(H,8,9)(H,10,11). The van der Waals surface area contributed by atoms with E-state index in [9.17, 15) is 4.79 Å². The van der Waals surface area contributed by atoms with Crippen molar-refractivity contribution in [1.29, 1.82) is 0 Å². The molecule has 1 atom stereocenters. The van der Waals surface area contributed by atoms with Gasteiger partial charge in [-0.05, 0) is 0 Å². The van der Waals surface area contributed by atoms with Crippen molar-refractivity contribution >= 4 is 5.97 Å². The Kier molecular flexibility index (Phi) is 2.25. The van der Waals surface area contributed by atoms with Gasteiger partial charge in [-0.25, -0.2) is 4.98 Å². The zero-order valence-corrected chi connectivity index (χ0v) is 6.24. The highest BCUT2D eigenvalue weighted by atomic mass is 16.4. The summed E-state index contributed by atoms with van der Waals surface area (Å²) in [4.78, 5) is 17.2. The minimum atomic E-state index is -0.790. The van der Waals surface area contributed by atoms with Gasteiger partial charge in [0.1, 0.15) is 5.82 Å². The number of aromatic nitrogens is 2. The van der Waals surface area contributed by atoms with Crippen molar-refractivity contribution in [2.45, 2.75) is 13.3 Å². The van der Waals surface area contributed by atoms with Gasteiger partial charge in [-0.1, -0.05) is 6.92 Å². The highest BCUT2D eigenvalue weighted by Crippen LogP contribution is 2.02. The van der Waals surface area contributed by atoms with Gasteiger partial charge in [0.2, 0.25) is 0 Å². The molecule has 0 aliphatic rings. The summed E-state index contributed by atoms with van der Waals surface area (Å²) in [5, 5.41) is 8.54. The number of carboxylic acid groups (broad SMARTS) is 1. The van der Waals surface area contributed by atoms with Gasteiger partial charge in [0.05, 0.1) is 5.92 Å². The first kappa shape index (κ1) is 7.78. The molecular formula is C7H10N2O2. The second kappa shape index (κ2) is 3.18. The first-order chi connectivity index (χ1) is 5.20. The van der Waals surface area contributed by atoms with Crippen LogP contribution in [-0.2, 0) is 11.2 Å². The summed E-state index contributed by atoms with van der Waals surface area (Å²) >= 11 is 0. The quantitative estimate of drug-likeness (QED) is 0.672. The highest BCUT2D eigenvalue weighted by Gasteiger charge is 2.12. The van der Waals surface area contributed by atoms with E-state index in [1.807, 2.05) is 0 Å². The van der Waals surface area contributed by atoms with Crippen molar-refractivity contribution < 1.29 is 9.90 Å². The lowest BCUT2D eigenvalue weighted by Gasteiger charge is -2.01. The van der Waals surface area contributed by atoms with Gasteiger partial charge in [0.25, 0.3) is 0 Å². The van der Waals surface area contributed by atoms with E-state index in [0.29, 0.717) is 6.42 Å². The molecule has 0 radical (unpaired) electrons. The molecule has 0 fully saturated rings. The SMILES string of the molecule is CC(Cc1ncc[nH]1)C(=O)O. The number of carboxylic acids is 1. The second-order valence-electron chi connectivity index (χ2n) is 2.48. The van der Waals surface area contributed by atoms with E-state index < -0.39 is 5.97 Å². The summed E-state index contributed by atoms with van der Waals surface area (Å²) in [7, 11) is 0. The summed E-state index contributed by atoms with van der Waals surface area (Å²) in [6.45, 7) is 1.66. The van der Waals surface area contributed by atoms with Crippen LogP contribution in [0.25, 0.3) is 0 Å². The molecule has 4 heteroatoms. The number of aromatic amines is 1. The molecule has 11 heavy (non-hydrogen) atoms. The molecule has 2 N–H and O–H groups in total. The van der Waals surface area contributed by atoms with Crippen LogP contribution in [0.3, 0.4) is 0 Å². The average molecular weight is 154 g/mol. The number of imidazole rings is 1. The number of hydrogen-bond acceptors (Lipinski definition) is 2. The number of nitrogens with zero attached hydrogens (tertiary/aromatic N) is 1. The van der Waals surface area contributed by atoms with Crippen LogP contribution in [-0.4, -0.2) is 21.0 Å². The monoisotopic (exact) mass is 154 g/mol. The molecule has 0 aliphatic heterocycles. The molecule has 0 aromatic carbocycles. The Hall–Kier alpha value is -1.32. The van der Waals surface area contributed by atoms with Crippen LogP contribution in [0.15, 0.2) is 12.4 Å². The van der Waals surface area contributed by atoms with Gasteiger partial charge in [0, 0.05) is 18.8 Å².